The predicted molar refractivity (Wildman–Crippen MR) is 89.3 cm³/mol. The van der Waals surface area contributed by atoms with Crippen molar-refractivity contribution in [2.75, 3.05) is 13.7 Å². The van der Waals surface area contributed by atoms with E-state index in [0.29, 0.717) is 6.54 Å². The molecule has 0 saturated heterocycles. The zero-order chi connectivity index (χ0) is 16.2. The number of carbonyl (C=O) groups is 2. The van der Waals surface area contributed by atoms with Crippen LogP contribution in [0.25, 0.3) is 5.00 Å². The van der Waals surface area contributed by atoms with Crippen LogP contribution >= 0.6 is 11.3 Å². The second-order valence-electron chi connectivity index (χ2n) is 5.56. The molecule has 2 heterocycles. The molecule has 0 unspecified atom stereocenters. The number of aromatic nitrogens is 1. The molecule has 0 aliphatic heterocycles. The van der Waals surface area contributed by atoms with Crippen molar-refractivity contribution >= 4 is 23.2 Å². The molecule has 0 saturated carbocycles. The van der Waals surface area contributed by atoms with Crippen molar-refractivity contribution in [3.8, 4) is 5.00 Å². The van der Waals surface area contributed by atoms with Gasteiger partial charge in [-0.15, -0.1) is 11.3 Å². The van der Waals surface area contributed by atoms with E-state index in [9.17, 15) is 9.59 Å². The molecule has 2 aromatic heterocycles. The number of hydrogen-bond acceptors (Lipinski definition) is 4. The third kappa shape index (κ3) is 3.32. The van der Waals surface area contributed by atoms with Gasteiger partial charge in [-0.25, -0.2) is 0 Å². The van der Waals surface area contributed by atoms with Crippen LogP contribution in [0.2, 0.25) is 0 Å². The number of methoxy groups -OCH3 is 1. The van der Waals surface area contributed by atoms with Crippen LogP contribution in [-0.4, -0.2) is 30.1 Å². The van der Waals surface area contributed by atoms with Crippen LogP contribution in [0.15, 0.2) is 24.5 Å². The van der Waals surface area contributed by atoms with Gasteiger partial charge in [0.25, 0.3) is 5.91 Å². The molecule has 3 rings (SSSR count). The minimum absolute atomic E-state index is 0.1000. The van der Waals surface area contributed by atoms with Gasteiger partial charge in [0, 0.05) is 23.8 Å². The lowest BCUT2D eigenvalue weighted by Crippen LogP contribution is -2.28. The molecule has 0 fully saturated rings. The van der Waals surface area contributed by atoms with Crippen LogP contribution in [0, 0.1) is 0 Å². The number of nitrogens with one attached hydrogen (secondary N) is 1. The van der Waals surface area contributed by atoms with E-state index in [0.717, 1.165) is 29.8 Å². The topological polar surface area (TPSA) is 60.3 Å². The molecule has 122 valence electrons. The summed E-state index contributed by atoms with van der Waals surface area (Å²) in [6, 6.07) is 3.91. The third-order valence-electron chi connectivity index (χ3n) is 4.06. The van der Waals surface area contributed by atoms with E-state index in [1.165, 1.54) is 24.0 Å². The molecule has 1 aliphatic rings. The number of rotatable bonds is 5. The lowest BCUT2D eigenvalue weighted by Gasteiger charge is -2.13. The second kappa shape index (κ2) is 7.00. The number of esters is 1. The molecular weight excluding hydrogens is 312 g/mol. The van der Waals surface area contributed by atoms with Gasteiger partial charge in [-0.2, -0.15) is 0 Å². The summed E-state index contributed by atoms with van der Waals surface area (Å²) in [5, 5.41) is 3.83. The van der Waals surface area contributed by atoms with Crippen molar-refractivity contribution in [3.05, 3.63) is 40.5 Å². The van der Waals surface area contributed by atoms with Gasteiger partial charge in [-0.3, -0.25) is 9.59 Å². The minimum Gasteiger partial charge on any atom is -0.469 e. The third-order valence-corrected chi connectivity index (χ3v) is 5.37. The molecule has 5 nitrogen and oxygen atoms in total. The number of thiophene rings is 1. The van der Waals surface area contributed by atoms with Gasteiger partial charge in [0.1, 0.15) is 5.00 Å². The van der Waals surface area contributed by atoms with E-state index in [2.05, 4.69) is 10.1 Å². The highest BCUT2D eigenvalue weighted by molar-refractivity contribution is 7.15. The molecule has 0 spiro atoms. The van der Waals surface area contributed by atoms with Crippen molar-refractivity contribution in [1.82, 2.24) is 9.88 Å². The summed E-state index contributed by atoms with van der Waals surface area (Å²) in [5.74, 6) is -0.416. The number of aryl methyl sites for hydroxylation is 1. The van der Waals surface area contributed by atoms with Gasteiger partial charge in [0.05, 0.1) is 19.1 Å². The van der Waals surface area contributed by atoms with E-state index in [-0.39, 0.29) is 18.3 Å². The van der Waals surface area contributed by atoms with Gasteiger partial charge < -0.3 is 14.6 Å². The Balaban J connectivity index is 1.86. The molecule has 1 amide bonds. The smallest absolute Gasteiger partial charge is 0.307 e. The number of hydrogen-bond donors (Lipinski definition) is 1. The molecule has 0 radical (unpaired) electrons. The molecule has 1 aliphatic carbocycles. The number of amides is 1. The Morgan fingerprint density at radius 2 is 2.00 bits per heavy atom. The zero-order valence-electron chi connectivity index (χ0n) is 13.1. The van der Waals surface area contributed by atoms with E-state index in [4.69, 9.17) is 0 Å². The Labute approximate surface area is 139 Å². The van der Waals surface area contributed by atoms with E-state index in [1.807, 2.05) is 29.1 Å². The maximum absolute atomic E-state index is 12.7. The summed E-state index contributed by atoms with van der Waals surface area (Å²) in [4.78, 5) is 25.2. The van der Waals surface area contributed by atoms with Crippen molar-refractivity contribution < 1.29 is 14.3 Å². The number of fused-ring (bicyclic) bond motifs is 1. The Morgan fingerprint density at radius 1 is 1.26 bits per heavy atom. The lowest BCUT2D eigenvalue weighted by molar-refractivity contribution is -0.140. The molecule has 23 heavy (non-hydrogen) atoms. The fraction of sp³-hybridized carbons (Fsp3) is 0.412. The first-order chi connectivity index (χ1) is 11.2. The fourth-order valence-electron chi connectivity index (χ4n) is 2.91. The molecule has 0 aromatic carbocycles. The largest absolute Gasteiger partial charge is 0.469 e. The number of nitrogens with zero attached hydrogens (tertiary/aromatic N) is 1. The molecular formula is C17H20N2O3S. The normalized spacial score (nSPS) is 13.4. The van der Waals surface area contributed by atoms with E-state index < -0.39 is 0 Å². The summed E-state index contributed by atoms with van der Waals surface area (Å²) in [6.45, 7) is 0.293. The second-order valence-corrected chi connectivity index (χ2v) is 6.65. The molecule has 1 N–H and O–H groups in total. The highest BCUT2D eigenvalue weighted by atomic mass is 32.1. The van der Waals surface area contributed by atoms with Crippen molar-refractivity contribution in [3.63, 3.8) is 0 Å². The minimum atomic E-state index is -0.316. The van der Waals surface area contributed by atoms with Crippen LogP contribution in [-0.2, 0) is 22.4 Å². The number of ether oxygens (including phenoxy) is 1. The summed E-state index contributed by atoms with van der Waals surface area (Å²) in [6.07, 6.45) is 8.41. The fourth-order valence-corrected chi connectivity index (χ4v) is 4.26. The maximum Gasteiger partial charge on any atom is 0.307 e. The number of carbonyl (C=O) groups excluding carboxylic acids is 2. The van der Waals surface area contributed by atoms with Gasteiger partial charge in [0.15, 0.2) is 0 Å². The summed E-state index contributed by atoms with van der Waals surface area (Å²) in [5.41, 5.74) is 1.95. The maximum atomic E-state index is 12.7. The van der Waals surface area contributed by atoms with Crippen molar-refractivity contribution in [2.24, 2.45) is 0 Å². The predicted octanol–water partition coefficient (Wildman–Crippen LogP) is 2.71. The highest BCUT2D eigenvalue weighted by Gasteiger charge is 2.25. The van der Waals surface area contributed by atoms with Gasteiger partial charge in [-0.1, -0.05) is 0 Å². The Morgan fingerprint density at radius 3 is 2.74 bits per heavy atom. The first-order valence-electron chi connectivity index (χ1n) is 7.83. The van der Waals surface area contributed by atoms with Crippen LogP contribution in [0.5, 0.6) is 0 Å². The molecule has 0 bridgehead atoms. The zero-order valence-corrected chi connectivity index (χ0v) is 13.9. The Bertz CT molecular complexity index is 704. The lowest BCUT2D eigenvalue weighted by atomic mass is 9.95. The Hall–Kier alpha value is -2.08. The summed E-state index contributed by atoms with van der Waals surface area (Å²) < 4.78 is 6.60. The van der Waals surface area contributed by atoms with Gasteiger partial charge >= 0.3 is 5.97 Å². The molecule has 6 heteroatoms. The standard InChI is InChI=1S/C17H20N2O3S/c1-22-14(20)8-9-18-16(21)15-12-6-2-3-7-13(12)23-17(15)19-10-4-5-11-19/h4-5,10-11H,2-3,6-9H2,1H3,(H,18,21). The first-order valence-corrected chi connectivity index (χ1v) is 8.65. The van der Waals surface area contributed by atoms with Gasteiger partial charge in [-0.05, 0) is 43.4 Å². The van der Waals surface area contributed by atoms with Crippen LogP contribution in [0.1, 0.15) is 40.1 Å². The van der Waals surface area contributed by atoms with Crippen LogP contribution in [0.3, 0.4) is 0 Å². The average molecular weight is 332 g/mol. The van der Waals surface area contributed by atoms with Crippen molar-refractivity contribution in [1.29, 1.82) is 0 Å². The summed E-state index contributed by atoms with van der Waals surface area (Å²) >= 11 is 1.70. The molecule has 0 atom stereocenters. The van der Waals surface area contributed by atoms with Crippen LogP contribution < -0.4 is 5.32 Å². The van der Waals surface area contributed by atoms with Gasteiger partial charge in [0.2, 0.25) is 0 Å². The summed E-state index contributed by atoms with van der Waals surface area (Å²) in [7, 11) is 1.35. The van der Waals surface area contributed by atoms with E-state index >= 15 is 0 Å². The quantitative estimate of drug-likeness (QED) is 0.857. The van der Waals surface area contributed by atoms with Crippen LogP contribution in [0.4, 0.5) is 0 Å². The van der Waals surface area contributed by atoms with E-state index in [1.54, 1.807) is 11.3 Å². The Kier molecular flexibility index (Phi) is 4.81. The van der Waals surface area contributed by atoms with Crippen molar-refractivity contribution in [2.45, 2.75) is 32.1 Å². The monoisotopic (exact) mass is 332 g/mol. The highest BCUT2D eigenvalue weighted by Crippen LogP contribution is 2.36. The first kappa shape index (κ1) is 15.8. The molecule has 2 aromatic rings. The SMILES string of the molecule is COC(=O)CCNC(=O)c1c(-n2cccc2)sc2c1CCCC2. The average Bonchev–Trinajstić information content (AvgIpc) is 3.21.